The quantitative estimate of drug-likeness (QED) is 0.838. The van der Waals surface area contributed by atoms with Crippen molar-refractivity contribution in [3.8, 4) is 0 Å². The summed E-state index contributed by atoms with van der Waals surface area (Å²) in [6.07, 6.45) is 2.46. The van der Waals surface area contributed by atoms with Gasteiger partial charge in [0.25, 0.3) is 0 Å². The molecule has 2 nitrogen and oxygen atoms in total. The Labute approximate surface area is 112 Å². The van der Waals surface area contributed by atoms with Crippen LogP contribution in [-0.2, 0) is 11.2 Å². The van der Waals surface area contributed by atoms with Crippen LogP contribution in [0, 0.1) is 0 Å². The summed E-state index contributed by atoms with van der Waals surface area (Å²) < 4.78 is 6.78. The minimum absolute atomic E-state index is 0.906. The van der Waals surface area contributed by atoms with Crippen molar-refractivity contribution in [1.82, 2.24) is 4.90 Å². The molecule has 2 heterocycles. The monoisotopic (exact) mass is 261 g/mol. The fraction of sp³-hybridized carbons (Fsp3) is 0.467. The molecule has 0 unspecified atom stereocenters. The molecule has 0 amide bonds. The van der Waals surface area contributed by atoms with Gasteiger partial charge in [0.2, 0.25) is 0 Å². The van der Waals surface area contributed by atoms with Crippen LogP contribution in [0.25, 0.3) is 10.1 Å². The molecule has 0 saturated carbocycles. The Morgan fingerprint density at radius 2 is 2.00 bits per heavy atom. The fourth-order valence-corrected chi connectivity index (χ4v) is 3.57. The summed E-state index contributed by atoms with van der Waals surface area (Å²) in [5.74, 6) is 0. The van der Waals surface area contributed by atoms with Crippen LogP contribution in [0.3, 0.4) is 0 Å². The zero-order valence-electron chi connectivity index (χ0n) is 10.6. The molecule has 1 aromatic heterocycles. The van der Waals surface area contributed by atoms with E-state index in [4.69, 9.17) is 4.74 Å². The highest BCUT2D eigenvalue weighted by Gasteiger charge is 2.09. The molecule has 0 bridgehead atoms. The second-order valence-corrected chi connectivity index (χ2v) is 5.98. The van der Waals surface area contributed by atoms with Gasteiger partial charge in [-0.3, -0.25) is 4.90 Å². The number of hydrogen-bond donors (Lipinski definition) is 0. The first-order valence-electron chi connectivity index (χ1n) is 6.69. The summed E-state index contributed by atoms with van der Waals surface area (Å²) in [7, 11) is 0. The Morgan fingerprint density at radius 3 is 2.83 bits per heavy atom. The van der Waals surface area contributed by atoms with Gasteiger partial charge in [0.1, 0.15) is 0 Å². The van der Waals surface area contributed by atoms with Crippen molar-refractivity contribution >= 4 is 21.4 Å². The molecular weight excluding hydrogens is 242 g/mol. The van der Waals surface area contributed by atoms with Crippen LogP contribution < -0.4 is 0 Å². The van der Waals surface area contributed by atoms with Gasteiger partial charge in [0.05, 0.1) is 13.2 Å². The van der Waals surface area contributed by atoms with Gasteiger partial charge in [-0.2, -0.15) is 0 Å². The van der Waals surface area contributed by atoms with Crippen molar-refractivity contribution in [2.45, 2.75) is 12.8 Å². The van der Waals surface area contributed by atoms with Crippen LogP contribution >= 0.6 is 11.3 Å². The largest absolute Gasteiger partial charge is 0.379 e. The summed E-state index contributed by atoms with van der Waals surface area (Å²) >= 11 is 1.94. The smallest absolute Gasteiger partial charge is 0.0594 e. The number of nitrogens with zero attached hydrogens (tertiary/aromatic N) is 1. The third-order valence-corrected chi connectivity index (χ3v) is 4.65. The highest BCUT2D eigenvalue weighted by atomic mass is 32.1. The number of rotatable bonds is 4. The summed E-state index contributed by atoms with van der Waals surface area (Å²) in [4.78, 5) is 4.03. The highest BCUT2D eigenvalue weighted by molar-refractivity contribution is 7.19. The van der Waals surface area contributed by atoms with Gasteiger partial charge in [-0.25, -0.2) is 0 Å². The predicted molar refractivity (Wildman–Crippen MR) is 77.4 cm³/mol. The lowest BCUT2D eigenvalue weighted by Crippen LogP contribution is -2.36. The maximum Gasteiger partial charge on any atom is 0.0594 e. The van der Waals surface area contributed by atoms with Gasteiger partial charge >= 0.3 is 0 Å². The predicted octanol–water partition coefficient (Wildman–Crippen LogP) is 3.17. The van der Waals surface area contributed by atoms with Gasteiger partial charge in [0, 0.05) is 22.7 Å². The first-order chi connectivity index (χ1) is 8.92. The van der Waals surface area contributed by atoms with Crippen molar-refractivity contribution in [3.63, 3.8) is 0 Å². The number of aryl methyl sites for hydroxylation is 1. The SMILES string of the molecule is c1ccc2sc(CCCN3CCOCC3)cc2c1. The molecule has 96 valence electrons. The molecule has 0 N–H and O–H groups in total. The fourth-order valence-electron chi connectivity index (χ4n) is 2.46. The van der Waals surface area contributed by atoms with Crippen LogP contribution in [0.2, 0.25) is 0 Å². The summed E-state index contributed by atoms with van der Waals surface area (Å²) in [5.41, 5.74) is 0. The molecule has 0 radical (unpaired) electrons. The number of thiophene rings is 1. The molecule has 1 aliphatic heterocycles. The topological polar surface area (TPSA) is 12.5 Å². The zero-order valence-corrected chi connectivity index (χ0v) is 11.4. The average molecular weight is 261 g/mol. The maximum atomic E-state index is 5.36. The third kappa shape index (κ3) is 2.91. The van der Waals surface area contributed by atoms with Gasteiger partial charge < -0.3 is 4.74 Å². The Kier molecular flexibility index (Phi) is 3.93. The van der Waals surface area contributed by atoms with E-state index in [1.807, 2.05) is 11.3 Å². The molecular formula is C15H19NOS. The molecule has 3 heteroatoms. The number of benzene rings is 1. The van der Waals surface area contributed by atoms with Crippen molar-refractivity contribution < 1.29 is 4.74 Å². The standard InChI is InChI=1S/C15H19NOS/c1-2-6-15-13(4-1)12-14(18-15)5-3-7-16-8-10-17-11-9-16/h1-2,4,6,12H,3,5,7-11H2. The van der Waals surface area contributed by atoms with E-state index in [0.29, 0.717) is 0 Å². The molecule has 0 aliphatic carbocycles. The van der Waals surface area contributed by atoms with E-state index in [9.17, 15) is 0 Å². The molecule has 2 aromatic rings. The number of ether oxygens (including phenoxy) is 1. The molecule has 0 atom stereocenters. The van der Waals surface area contributed by atoms with Gasteiger partial charge in [-0.05, 0) is 36.9 Å². The Bertz CT molecular complexity index is 469. The molecule has 1 aliphatic rings. The summed E-state index contributed by atoms with van der Waals surface area (Å²) in [5, 5.41) is 1.39. The summed E-state index contributed by atoms with van der Waals surface area (Å²) in [6.45, 7) is 5.22. The minimum Gasteiger partial charge on any atom is -0.379 e. The molecule has 0 spiro atoms. The van der Waals surface area contributed by atoms with Crippen molar-refractivity contribution in [2.75, 3.05) is 32.8 Å². The van der Waals surface area contributed by atoms with Crippen molar-refractivity contribution in [1.29, 1.82) is 0 Å². The first-order valence-corrected chi connectivity index (χ1v) is 7.51. The first kappa shape index (κ1) is 12.2. The van der Waals surface area contributed by atoms with Crippen LogP contribution in [0.5, 0.6) is 0 Å². The van der Waals surface area contributed by atoms with Crippen LogP contribution in [0.4, 0.5) is 0 Å². The second kappa shape index (κ2) is 5.83. The van der Waals surface area contributed by atoms with E-state index < -0.39 is 0 Å². The van der Waals surface area contributed by atoms with Crippen LogP contribution in [0.15, 0.2) is 30.3 Å². The number of hydrogen-bond acceptors (Lipinski definition) is 3. The lowest BCUT2D eigenvalue weighted by molar-refractivity contribution is 0.0375. The minimum atomic E-state index is 0.906. The van der Waals surface area contributed by atoms with E-state index in [0.717, 1.165) is 26.3 Å². The number of morpholine rings is 1. The van der Waals surface area contributed by atoms with E-state index in [1.165, 1.54) is 34.3 Å². The lowest BCUT2D eigenvalue weighted by Gasteiger charge is -2.26. The molecule has 18 heavy (non-hydrogen) atoms. The Morgan fingerprint density at radius 1 is 1.17 bits per heavy atom. The van der Waals surface area contributed by atoms with Crippen LogP contribution in [0.1, 0.15) is 11.3 Å². The third-order valence-electron chi connectivity index (χ3n) is 3.48. The lowest BCUT2D eigenvalue weighted by atomic mass is 10.2. The maximum absolute atomic E-state index is 5.36. The van der Waals surface area contributed by atoms with Gasteiger partial charge in [-0.15, -0.1) is 11.3 Å². The summed E-state index contributed by atoms with van der Waals surface area (Å²) in [6, 6.07) is 11.0. The molecule has 1 fully saturated rings. The van der Waals surface area contributed by atoms with E-state index in [-0.39, 0.29) is 0 Å². The van der Waals surface area contributed by atoms with E-state index in [1.54, 1.807) is 0 Å². The molecule has 1 saturated heterocycles. The van der Waals surface area contributed by atoms with Crippen LogP contribution in [-0.4, -0.2) is 37.7 Å². The highest BCUT2D eigenvalue weighted by Crippen LogP contribution is 2.26. The van der Waals surface area contributed by atoms with Crippen molar-refractivity contribution in [2.24, 2.45) is 0 Å². The zero-order chi connectivity index (χ0) is 12.2. The Hall–Kier alpha value is -0.900. The van der Waals surface area contributed by atoms with Gasteiger partial charge in [-0.1, -0.05) is 18.2 Å². The molecule has 1 aromatic carbocycles. The average Bonchev–Trinajstić information content (AvgIpc) is 2.82. The normalized spacial score (nSPS) is 17.3. The Balaban J connectivity index is 1.53. The van der Waals surface area contributed by atoms with Gasteiger partial charge in [0.15, 0.2) is 0 Å². The molecule has 3 rings (SSSR count). The van der Waals surface area contributed by atoms with Crippen molar-refractivity contribution in [3.05, 3.63) is 35.2 Å². The second-order valence-electron chi connectivity index (χ2n) is 4.81. The van der Waals surface area contributed by atoms with E-state index >= 15 is 0 Å². The van der Waals surface area contributed by atoms with E-state index in [2.05, 4.69) is 35.2 Å². The number of fused-ring (bicyclic) bond motifs is 1.